The number of rotatable bonds is 7. The standard InChI is InChI=1S/C32H42N6O4/c1-21-13-24(37-12-11-30(5,18-37)23-9-7-6-8-10-23)15-38-26(21)34-27(36-38)32-14-22(16-41-32)25(32)33-17-31(19-40-20-31)35-28(39)42-29(2,3)4/h6-10,13,15,22,25,33H,11-12,14,16-20H2,1-5H3,(H,35,39)/t22?,25?,30-,32?/m0/s1. The molecule has 2 N–H and O–H groups in total. The summed E-state index contributed by atoms with van der Waals surface area (Å²) in [4.78, 5) is 20.0. The molecule has 4 aliphatic heterocycles. The van der Waals surface area contributed by atoms with Crippen molar-refractivity contribution >= 4 is 17.4 Å². The summed E-state index contributed by atoms with van der Waals surface area (Å²) in [6, 6.07) is 13.1. The summed E-state index contributed by atoms with van der Waals surface area (Å²) in [5, 5.41) is 11.7. The van der Waals surface area contributed by atoms with Crippen LogP contribution in [-0.4, -0.2) is 77.3 Å². The first-order valence-corrected chi connectivity index (χ1v) is 15.1. The Morgan fingerprint density at radius 3 is 2.69 bits per heavy atom. The lowest BCUT2D eigenvalue weighted by Crippen LogP contribution is -2.70. The number of aryl methyl sites for hydroxylation is 1. The molecule has 5 aliphatic rings. The van der Waals surface area contributed by atoms with E-state index in [0.29, 0.717) is 32.3 Å². The van der Waals surface area contributed by atoms with Crippen molar-refractivity contribution in [2.75, 3.05) is 44.4 Å². The molecule has 1 saturated carbocycles. The van der Waals surface area contributed by atoms with Crippen molar-refractivity contribution in [1.29, 1.82) is 0 Å². The van der Waals surface area contributed by atoms with Crippen LogP contribution < -0.4 is 15.5 Å². The summed E-state index contributed by atoms with van der Waals surface area (Å²) in [6.07, 6.45) is 3.69. The first kappa shape index (κ1) is 27.6. The summed E-state index contributed by atoms with van der Waals surface area (Å²) in [6.45, 7) is 14.1. The van der Waals surface area contributed by atoms with Gasteiger partial charge in [-0.1, -0.05) is 37.3 Å². The molecule has 0 radical (unpaired) electrons. The number of fused-ring (bicyclic) bond motifs is 2. The van der Waals surface area contributed by atoms with Crippen LogP contribution in [0.25, 0.3) is 5.65 Å². The third-order valence-electron chi connectivity index (χ3n) is 9.57. The van der Waals surface area contributed by atoms with Crippen LogP contribution >= 0.6 is 0 Å². The zero-order valence-electron chi connectivity index (χ0n) is 25.3. The maximum atomic E-state index is 12.5. The monoisotopic (exact) mass is 574 g/mol. The number of alkyl carbamates (subject to hydrolysis) is 1. The second-order valence-electron chi connectivity index (χ2n) is 14.1. The number of aromatic nitrogens is 3. The summed E-state index contributed by atoms with van der Waals surface area (Å²) in [7, 11) is 0. The van der Waals surface area contributed by atoms with Gasteiger partial charge >= 0.3 is 6.09 Å². The number of nitrogens with one attached hydrogen (secondary N) is 2. The van der Waals surface area contributed by atoms with Gasteiger partial charge in [0.1, 0.15) is 16.7 Å². The molecule has 3 unspecified atom stereocenters. The van der Waals surface area contributed by atoms with Crippen molar-refractivity contribution < 1.29 is 19.0 Å². The van der Waals surface area contributed by atoms with Gasteiger partial charge in [0, 0.05) is 37.0 Å². The minimum absolute atomic E-state index is 0.0674. The highest BCUT2D eigenvalue weighted by atomic mass is 16.6. The van der Waals surface area contributed by atoms with Crippen LogP contribution in [0.2, 0.25) is 0 Å². The minimum Gasteiger partial charge on any atom is -0.444 e. The largest absolute Gasteiger partial charge is 0.444 e. The van der Waals surface area contributed by atoms with E-state index in [4.69, 9.17) is 24.3 Å². The van der Waals surface area contributed by atoms with Gasteiger partial charge in [0.05, 0.1) is 31.7 Å². The highest BCUT2D eigenvalue weighted by molar-refractivity contribution is 5.69. The number of carbonyl (C=O) groups is 1. The molecule has 224 valence electrons. The lowest BCUT2D eigenvalue weighted by Gasteiger charge is -2.47. The van der Waals surface area contributed by atoms with Crippen molar-refractivity contribution in [2.24, 2.45) is 5.92 Å². The van der Waals surface area contributed by atoms with E-state index in [1.807, 2.05) is 25.3 Å². The molecular formula is C32H42N6O4. The molecule has 10 heteroatoms. The van der Waals surface area contributed by atoms with E-state index in [-0.39, 0.29) is 11.5 Å². The number of pyridine rings is 1. The zero-order valence-corrected chi connectivity index (χ0v) is 25.3. The predicted molar refractivity (Wildman–Crippen MR) is 159 cm³/mol. The van der Waals surface area contributed by atoms with Gasteiger partial charge in [-0.25, -0.2) is 14.3 Å². The van der Waals surface area contributed by atoms with Gasteiger partial charge in [0.2, 0.25) is 0 Å². The zero-order chi connectivity index (χ0) is 29.3. The second-order valence-corrected chi connectivity index (χ2v) is 14.1. The van der Waals surface area contributed by atoms with Gasteiger partial charge in [-0.05, 0) is 57.7 Å². The van der Waals surface area contributed by atoms with E-state index in [0.717, 1.165) is 43.0 Å². The molecule has 1 amide bonds. The smallest absolute Gasteiger partial charge is 0.408 e. The van der Waals surface area contributed by atoms with E-state index in [2.05, 4.69) is 72.0 Å². The van der Waals surface area contributed by atoms with Crippen LogP contribution in [0.15, 0.2) is 42.6 Å². The SMILES string of the molecule is Cc1cc(N2CC[C@](C)(c3ccccc3)C2)cn2nc(C34CC(CO3)C4NCC3(NC(=O)OC(C)(C)C)COC3)nc12. The minimum atomic E-state index is -0.569. The number of ether oxygens (including phenoxy) is 3. The van der Waals surface area contributed by atoms with Gasteiger partial charge in [-0.15, -0.1) is 5.10 Å². The number of hydrogen-bond donors (Lipinski definition) is 2. The Morgan fingerprint density at radius 1 is 1.21 bits per heavy atom. The van der Waals surface area contributed by atoms with E-state index in [1.54, 1.807) is 0 Å². The Kier molecular flexibility index (Phi) is 6.35. The van der Waals surface area contributed by atoms with Gasteiger partial charge in [0.25, 0.3) is 0 Å². The van der Waals surface area contributed by atoms with Gasteiger partial charge in [-0.2, -0.15) is 0 Å². The van der Waals surface area contributed by atoms with Crippen LogP contribution in [0, 0.1) is 12.8 Å². The number of anilines is 1. The molecule has 6 heterocycles. The Balaban J connectivity index is 1.08. The van der Waals surface area contributed by atoms with Gasteiger partial charge in [-0.3, -0.25) is 0 Å². The average Bonchev–Trinajstić information content (AvgIpc) is 3.69. The molecule has 8 rings (SSSR count). The van der Waals surface area contributed by atoms with Crippen molar-refractivity contribution in [3.05, 3.63) is 59.5 Å². The summed E-state index contributed by atoms with van der Waals surface area (Å²) in [5.41, 5.74) is 3.01. The number of carbonyl (C=O) groups excluding carboxylic acids is 1. The molecular weight excluding hydrogens is 532 g/mol. The Hall–Kier alpha value is -3.21. The fourth-order valence-corrected chi connectivity index (χ4v) is 7.17. The summed E-state index contributed by atoms with van der Waals surface area (Å²) >= 11 is 0. The van der Waals surface area contributed by atoms with Crippen LogP contribution in [0.1, 0.15) is 57.5 Å². The number of hydrogen-bond acceptors (Lipinski definition) is 8. The molecule has 3 aromatic rings. The fourth-order valence-electron chi connectivity index (χ4n) is 7.17. The lowest BCUT2D eigenvalue weighted by atomic mass is 9.68. The van der Waals surface area contributed by atoms with Crippen molar-refractivity contribution in [2.45, 2.75) is 75.7 Å². The first-order valence-electron chi connectivity index (χ1n) is 15.1. The molecule has 10 nitrogen and oxygen atoms in total. The maximum absolute atomic E-state index is 12.5. The summed E-state index contributed by atoms with van der Waals surface area (Å²) < 4.78 is 19.3. The van der Waals surface area contributed by atoms with E-state index < -0.39 is 22.8 Å². The molecule has 2 aromatic heterocycles. The lowest BCUT2D eigenvalue weighted by molar-refractivity contribution is -0.0866. The molecule has 4 saturated heterocycles. The van der Waals surface area contributed by atoms with Crippen molar-refractivity contribution in [1.82, 2.24) is 25.2 Å². The normalized spacial score (nSPS) is 29.8. The van der Waals surface area contributed by atoms with E-state index >= 15 is 0 Å². The number of benzene rings is 1. The van der Waals surface area contributed by atoms with E-state index in [1.165, 1.54) is 11.3 Å². The molecule has 1 aliphatic carbocycles. The van der Waals surface area contributed by atoms with Crippen molar-refractivity contribution in [3.63, 3.8) is 0 Å². The van der Waals surface area contributed by atoms with Crippen LogP contribution in [-0.2, 0) is 25.2 Å². The Labute approximate surface area is 247 Å². The molecule has 1 aromatic carbocycles. The third kappa shape index (κ3) is 4.64. The van der Waals surface area contributed by atoms with Crippen molar-refractivity contribution in [3.8, 4) is 0 Å². The molecule has 42 heavy (non-hydrogen) atoms. The predicted octanol–water partition coefficient (Wildman–Crippen LogP) is 3.70. The Morgan fingerprint density at radius 2 is 2.00 bits per heavy atom. The van der Waals surface area contributed by atoms with Crippen LogP contribution in [0.3, 0.4) is 0 Å². The van der Waals surface area contributed by atoms with Gasteiger partial charge < -0.3 is 29.7 Å². The number of nitrogens with zero attached hydrogens (tertiary/aromatic N) is 4. The molecule has 4 atom stereocenters. The van der Waals surface area contributed by atoms with Crippen LogP contribution in [0.4, 0.5) is 10.5 Å². The topological polar surface area (TPSA) is 102 Å². The highest BCUT2D eigenvalue weighted by Crippen LogP contribution is 2.54. The quantitative estimate of drug-likeness (QED) is 0.441. The average molecular weight is 575 g/mol. The third-order valence-corrected chi connectivity index (χ3v) is 9.57. The molecule has 2 bridgehead atoms. The van der Waals surface area contributed by atoms with Crippen LogP contribution in [0.5, 0.6) is 0 Å². The van der Waals surface area contributed by atoms with E-state index in [9.17, 15) is 4.79 Å². The van der Waals surface area contributed by atoms with Gasteiger partial charge in [0.15, 0.2) is 11.5 Å². The number of amides is 1. The molecule has 0 spiro atoms. The maximum Gasteiger partial charge on any atom is 0.408 e. The Bertz CT molecular complexity index is 1490. The summed E-state index contributed by atoms with van der Waals surface area (Å²) in [5.74, 6) is 1.11. The second kappa shape index (κ2) is 9.65. The molecule has 5 fully saturated rings. The first-order chi connectivity index (χ1) is 20.0. The highest BCUT2D eigenvalue weighted by Gasteiger charge is 2.64. The fraction of sp³-hybridized carbons (Fsp3) is 0.594.